The molecule has 0 atom stereocenters. The maximum Gasteiger partial charge on any atom is 0.387 e. The fraction of sp³-hybridized carbons (Fsp3) is 0.462. The lowest BCUT2D eigenvalue weighted by Crippen LogP contribution is -2.50. The highest BCUT2D eigenvalue weighted by atomic mass is 19.3. The highest BCUT2D eigenvalue weighted by Crippen LogP contribution is 2.20. The number of carbonyl (C=O) groups excluding carboxylic acids is 1. The van der Waals surface area contributed by atoms with Gasteiger partial charge in [-0.05, 0) is 27.0 Å². The summed E-state index contributed by atoms with van der Waals surface area (Å²) in [5.41, 5.74) is -0.221. The number of rotatable bonds is 6. The molecule has 19 heavy (non-hydrogen) atoms. The van der Waals surface area contributed by atoms with E-state index in [0.29, 0.717) is 5.56 Å². The van der Waals surface area contributed by atoms with Crippen LogP contribution in [-0.4, -0.2) is 25.1 Å². The smallest absolute Gasteiger partial charge is 0.387 e. The van der Waals surface area contributed by atoms with Gasteiger partial charge in [-0.3, -0.25) is 4.79 Å². The molecule has 0 unspecified atom stereocenters. The Labute approximate surface area is 111 Å². The number of halogens is 2. The average Bonchev–Trinajstić information content (AvgIpc) is 2.36. The third-order valence-corrected chi connectivity index (χ3v) is 2.82. The first-order chi connectivity index (χ1) is 8.86. The average molecular weight is 272 g/mol. The normalized spacial score (nSPS) is 11.5. The molecule has 1 rings (SSSR count). The number of hydrogen-bond donors (Lipinski definition) is 2. The van der Waals surface area contributed by atoms with Gasteiger partial charge in [0.1, 0.15) is 5.75 Å². The highest BCUT2D eigenvalue weighted by Gasteiger charge is 2.24. The van der Waals surface area contributed by atoms with Crippen LogP contribution >= 0.6 is 0 Å². The monoisotopic (exact) mass is 272 g/mol. The van der Waals surface area contributed by atoms with E-state index >= 15 is 0 Å². The van der Waals surface area contributed by atoms with E-state index in [1.807, 2.05) is 0 Å². The van der Waals surface area contributed by atoms with E-state index in [0.717, 1.165) is 0 Å². The van der Waals surface area contributed by atoms with Crippen LogP contribution in [0.2, 0.25) is 0 Å². The number of alkyl halides is 2. The van der Waals surface area contributed by atoms with Crippen molar-refractivity contribution in [1.82, 2.24) is 10.6 Å². The number of amides is 1. The predicted molar refractivity (Wildman–Crippen MR) is 68.1 cm³/mol. The Balaban J connectivity index is 2.70. The minimum atomic E-state index is -2.88. The standard InChI is InChI=1S/C13H18F2N2O2/c1-13(2,16-3)11(18)17-8-9-6-4-5-7-10(9)19-12(14)15/h4-7,12,16H,8H2,1-3H3,(H,17,18). The van der Waals surface area contributed by atoms with E-state index in [4.69, 9.17) is 0 Å². The lowest BCUT2D eigenvalue weighted by molar-refractivity contribution is -0.126. The van der Waals surface area contributed by atoms with E-state index in [9.17, 15) is 13.6 Å². The van der Waals surface area contributed by atoms with Gasteiger partial charge in [0.15, 0.2) is 0 Å². The summed E-state index contributed by atoms with van der Waals surface area (Å²) in [6.07, 6.45) is 0. The van der Waals surface area contributed by atoms with E-state index in [1.54, 1.807) is 39.1 Å². The minimum absolute atomic E-state index is 0.0695. The Kier molecular flexibility index (Phi) is 5.23. The lowest BCUT2D eigenvalue weighted by Gasteiger charge is -2.23. The zero-order chi connectivity index (χ0) is 14.5. The second-order valence-corrected chi connectivity index (χ2v) is 4.54. The van der Waals surface area contributed by atoms with Crippen LogP contribution < -0.4 is 15.4 Å². The number of ether oxygens (including phenoxy) is 1. The van der Waals surface area contributed by atoms with Crippen molar-refractivity contribution >= 4 is 5.91 Å². The summed E-state index contributed by atoms with van der Waals surface area (Å²) in [6.45, 7) is 0.700. The van der Waals surface area contributed by atoms with E-state index < -0.39 is 12.2 Å². The van der Waals surface area contributed by atoms with Crippen molar-refractivity contribution < 1.29 is 18.3 Å². The number of nitrogens with one attached hydrogen (secondary N) is 2. The van der Waals surface area contributed by atoms with Crippen LogP contribution in [0.4, 0.5) is 8.78 Å². The van der Waals surface area contributed by atoms with Crippen LogP contribution in [0.1, 0.15) is 19.4 Å². The lowest BCUT2D eigenvalue weighted by atomic mass is 10.1. The van der Waals surface area contributed by atoms with Crippen LogP contribution in [0.25, 0.3) is 0 Å². The molecule has 1 aromatic rings. The Bertz CT molecular complexity index is 436. The largest absolute Gasteiger partial charge is 0.434 e. The predicted octanol–water partition coefficient (Wildman–Crippen LogP) is 1.90. The van der Waals surface area contributed by atoms with Crippen LogP contribution in [0, 0.1) is 0 Å². The summed E-state index contributed by atoms with van der Waals surface area (Å²) in [4.78, 5) is 11.8. The maximum atomic E-state index is 12.2. The number of benzene rings is 1. The number of para-hydroxylation sites is 1. The fourth-order valence-electron chi connectivity index (χ4n) is 1.37. The molecule has 0 heterocycles. The topological polar surface area (TPSA) is 50.4 Å². The highest BCUT2D eigenvalue weighted by molar-refractivity contribution is 5.85. The molecule has 2 N–H and O–H groups in total. The van der Waals surface area contributed by atoms with Crippen LogP contribution in [0.3, 0.4) is 0 Å². The molecular formula is C13H18F2N2O2. The zero-order valence-electron chi connectivity index (χ0n) is 11.2. The molecule has 0 saturated heterocycles. The first-order valence-electron chi connectivity index (χ1n) is 5.86. The number of carbonyl (C=O) groups is 1. The van der Waals surface area contributed by atoms with Crippen LogP contribution in [-0.2, 0) is 11.3 Å². The summed E-state index contributed by atoms with van der Waals surface area (Å²) in [7, 11) is 1.67. The van der Waals surface area contributed by atoms with Gasteiger partial charge in [0.05, 0.1) is 5.54 Å². The number of likely N-dealkylation sites (N-methyl/N-ethyl adjacent to an activating group) is 1. The summed E-state index contributed by atoms with van der Waals surface area (Å²) in [5.74, 6) is -0.151. The van der Waals surface area contributed by atoms with Crippen LogP contribution in [0.15, 0.2) is 24.3 Å². The van der Waals surface area contributed by atoms with E-state index in [-0.39, 0.29) is 18.2 Å². The molecule has 4 nitrogen and oxygen atoms in total. The molecule has 0 radical (unpaired) electrons. The molecule has 0 aliphatic carbocycles. The second kappa shape index (κ2) is 6.47. The number of hydrogen-bond acceptors (Lipinski definition) is 3. The molecule has 106 valence electrons. The Morgan fingerprint density at radius 3 is 2.58 bits per heavy atom. The molecule has 0 saturated carbocycles. The molecule has 0 aliphatic rings. The fourth-order valence-corrected chi connectivity index (χ4v) is 1.37. The summed E-state index contributed by atoms with van der Waals surface area (Å²) in [6, 6.07) is 6.37. The molecule has 0 fully saturated rings. The Hall–Kier alpha value is -1.69. The van der Waals surface area contributed by atoms with Crippen LogP contribution in [0.5, 0.6) is 5.75 Å². The van der Waals surface area contributed by atoms with Gasteiger partial charge in [-0.1, -0.05) is 18.2 Å². The van der Waals surface area contributed by atoms with Gasteiger partial charge in [0, 0.05) is 12.1 Å². The van der Waals surface area contributed by atoms with Crippen molar-refractivity contribution in [2.45, 2.75) is 32.5 Å². The molecule has 1 amide bonds. The third-order valence-electron chi connectivity index (χ3n) is 2.82. The molecule has 0 spiro atoms. The maximum absolute atomic E-state index is 12.2. The molecule has 1 aromatic carbocycles. The summed E-state index contributed by atoms with van der Waals surface area (Å²) < 4.78 is 28.8. The van der Waals surface area contributed by atoms with Crippen molar-refractivity contribution in [2.75, 3.05) is 7.05 Å². The van der Waals surface area contributed by atoms with Crippen molar-refractivity contribution in [3.05, 3.63) is 29.8 Å². The van der Waals surface area contributed by atoms with Crippen molar-refractivity contribution in [2.24, 2.45) is 0 Å². The summed E-state index contributed by atoms with van der Waals surface area (Å²) >= 11 is 0. The van der Waals surface area contributed by atoms with Crippen molar-refractivity contribution in [3.8, 4) is 5.75 Å². The van der Waals surface area contributed by atoms with Gasteiger partial charge in [-0.2, -0.15) is 8.78 Å². The van der Waals surface area contributed by atoms with Gasteiger partial charge >= 0.3 is 6.61 Å². The second-order valence-electron chi connectivity index (χ2n) is 4.54. The van der Waals surface area contributed by atoms with Gasteiger partial charge in [0.2, 0.25) is 5.91 Å². The minimum Gasteiger partial charge on any atom is -0.434 e. The molecular weight excluding hydrogens is 254 g/mol. The first kappa shape index (κ1) is 15.4. The SMILES string of the molecule is CNC(C)(C)C(=O)NCc1ccccc1OC(F)F. The quantitative estimate of drug-likeness (QED) is 0.831. The van der Waals surface area contributed by atoms with Crippen molar-refractivity contribution in [3.63, 3.8) is 0 Å². The van der Waals surface area contributed by atoms with E-state index in [2.05, 4.69) is 15.4 Å². The Morgan fingerprint density at radius 1 is 1.37 bits per heavy atom. The molecule has 0 aromatic heterocycles. The van der Waals surface area contributed by atoms with Crippen molar-refractivity contribution in [1.29, 1.82) is 0 Å². The Morgan fingerprint density at radius 2 is 2.00 bits per heavy atom. The molecule has 0 aliphatic heterocycles. The van der Waals surface area contributed by atoms with E-state index in [1.165, 1.54) is 6.07 Å². The van der Waals surface area contributed by atoms with Gasteiger partial charge in [-0.25, -0.2) is 0 Å². The van der Waals surface area contributed by atoms with Gasteiger partial charge < -0.3 is 15.4 Å². The summed E-state index contributed by atoms with van der Waals surface area (Å²) in [5, 5.41) is 5.54. The third kappa shape index (κ3) is 4.48. The zero-order valence-corrected chi connectivity index (χ0v) is 11.2. The van der Waals surface area contributed by atoms with Gasteiger partial charge in [0.25, 0.3) is 0 Å². The molecule has 6 heteroatoms. The molecule has 0 bridgehead atoms. The van der Waals surface area contributed by atoms with Gasteiger partial charge in [-0.15, -0.1) is 0 Å². The first-order valence-corrected chi connectivity index (χ1v) is 5.86.